The molecule has 5 rings (SSSR count). The van der Waals surface area contributed by atoms with Crippen molar-refractivity contribution in [2.45, 2.75) is 144 Å². The SMILES string of the molecule is CC(C)(CC(=O)O[C@H]1CC[C@@]2(C)C(CC[C@]3(C)C2CC[C@@H]2[C@H]4CCC[C@]4(CCNC(=O)C(F)(F)F)CC[C@]23C)C1(C)C)C(=O)O. The summed E-state index contributed by atoms with van der Waals surface area (Å²) in [5.74, 6) is -1.32. The van der Waals surface area contributed by atoms with Gasteiger partial charge in [0.15, 0.2) is 0 Å². The molecule has 0 radical (unpaired) electrons. The number of carbonyl (C=O) groups is 3. The van der Waals surface area contributed by atoms with Gasteiger partial charge in [-0.25, -0.2) is 0 Å². The van der Waals surface area contributed by atoms with Crippen molar-refractivity contribution in [3.05, 3.63) is 0 Å². The molecule has 0 heterocycles. The zero-order chi connectivity index (χ0) is 33.4. The number of rotatable bonds is 7. The molecule has 0 aromatic rings. The van der Waals surface area contributed by atoms with Gasteiger partial charge in [-0.05, 0) is 130 Å². The van der Waals surface area contributed by atoms with Crippen LogP contribution in [0.3, 0.4) is 0 Å². The lowest BCUT2D eigenvalue weighted by atomic mass is 9.32. The van der Waals surface area contributed by atoms with Gasteiger partial charge in [-0.3, -0.25) is 14.4 Å². The summed E-state index contributed by atoms with van der Waals surface area (Å²) in [7, 11) is 0. The van der Waals surface area contributed by atoms with Crippen LogP contribution in [0.2, 0.25) is 0 Å². The number of ether oxygens (including phenoxy) is 1. The van der Waals surface area contributed by atoms with E-state index in [2.05, 4.69) is 39.9 Å². The summed E-state index contributed by atoms with van der Waals surface area (Å²) in [4.78, 5) is 36.1. The molecule has 5 aliphatic carbocycles. The summed E-state index contributed by atoms with van der Waals surface area (Å²) in [5, 5.41) is 11.7. The quantitative estimate of drug-likeness (QED) is 0.273. The van der Waals surface area contributed by atoms with E-state index in [1.165, 1.54) is 0 Å². The molecule has 2 unspecified atom stereocenters. The Labute approximate surface area is 267 Å². The summed E-state index contributed by atoms with van der Waals surface area (Å²) in [6.45, 7) is 15.3. The molecule has 0 saturated heterocycles. The molecule has 1 amide bonds. The zero-order valence-electron chi connectivity index (χ0n) is 28.5. The first-order valence-corrected chi connectivity index (χ1v) is 17.4. The summed E-state index contributed by atoms with van der Waals surface area (Å²) in [5.41, 5.74) is -0.993. The smallest absolute Gasteiger partial charge is 0.471 e. The largest absolute Gasteiger partial charge is 0.481 e. The average Bonchev–Trinajstić information content (AvgIpc) is 3.34. The van der Waals surface area contributed by atoms with Gasteiger partial charge in [0.25, 0.3) is 0 Å². The Kier molecular flexibility index (Phi) is 8.55. The number of hydrogen-bond acceptors (Lipinski definition) is 4. The van der Waals surface area contributed by atoms with Crippen LogP contribution in [0.5, 0.6) is 0 Å². The maximum atomic E-state index is 12.9. The lowest BCUT2D eigenvalue weighted by Gasteiger charge is -2.72. The van der Waals surface area contributed by atoms with E-state index in [1.54, 1.807) is 13.8 Å². The molecule has 5 aliphatic rings. The van der Waals surface area contributed by atoms with E-state index >= 15 is 0 Å². The second-order valence-corrected chi connectivity index (χ2v) is 17.7. The number of esters is 1. The molecular weight excluding hydrogens is 583 g/mol. The zero-order valence-corrected chi connectivity index (χ0v) is 28.5. The molecule has 45 heavy (non-hydrogen) atoms. The molecule has 0 spiro atoms. The molecule has 5 saturated carbocycles. The Morgan fingerprint density at radius 1 is 0.822 bits per heavy atom. The maximum Gasteiger partial charge on any atom is 0.471 e. The summed E-state index contributed by atoms with van der Waals surface area (Å²) in [6, 6.07) is 0. The van der Waals surface area contributed by atoms with Gasteiger partial charge in [0.2, 0.25) is 0 Å². The lowest BCUT2D eigenvalue weighted by Crippen LogP contribution is -2.66. The number of nitrogens with one attached hydrogen (secondary N) is 1. The van der Waals surface area contributed by atoms with Crippen LogP contribution in [-0.2, 0) is 19.1 Å². The standard InChI is InChI=1S/C36H56F3NO5/c1-30(2,29(43)44)21-27(41)45-26-13-15-32(5)24(31(26,3)4)12-16-34(7)25(32)11-10-22-23-9-8-14-35(23,18-17-33(22,34)6)19-20-40-28(42)36(37,38)39/h22-26H,8-21H2,1-7H3,(H,40,42)(H,43,44)/t22-,23-,24?,25?,26+,32+,33-,34-,35-/m1/s1. The summed E-state index contributed by atoms with van der Waals surface area (Å²) < 4.78 is 44.7. The summed E-state index contributed by atoms with van der Waals surface area (Å²) in [6.07, 6.45) is 7.02. The number of amides is 1. The number of carboxylic acid groups (broad SMARTS) is 1. The molecule has 0 aliphatic heterocycles. The van der Waals surface area contributed by atoms with Gasteiger partial charge < -0.3 is 15.2 Å². The minimum Gasteiger partial charge on any atom is -0.481 e. The number of hydrogen-bond donors (Lipinski definition) is 2. The molecule has 5 fully saturated rings. The number of alkyl halides is 3. The fourth-order valence-corrected chi connectivity index (χ4v) is 12.5. The predicted octanol–water partition coefficient (Wildman–Crippen LogP) is 8.32. The molecule has 0 aromatic heterocycles. The maximum absolute atomic E-state index is 12.9. The molecule has 0 bridgehead atoms. The van der Waals surface area contributed by atoms with E-state index < -0.39 is 29.4 Å². The Morgan fingerprint density at radius 2 is 1.51 bits per heavy atom. The third kappa shape index (κ3) is 5.42. The van der Waals surface area contributed by atoms with Crippen LogP contribution in [0.4, 0.5) is 13.2 Å². The van der Waals surface area contributed by atoms with Crippen LogP contribution in [0.1, 0.15) is 132 Å². The minimum atomic E-state index is -4.84. The van der Waals surface area contributed by atoms with Crippen molar-refractivity contribution in [1.82, 2.24) is 5.32 Å². The lowest BCUT2D eigenvalue weighted by molar-refractivity contribution is -0.248. The molecule has 0 aromatic carbocycles. The Bertz CT molecular complexity index is 1200. The van der Waals surface area contributed by atoms with Crippen LogP contribution in [0, 0.1) is 56.2 Å². The number of carboxylic acids is 1. The normalized spacial score (nSPS) is 42.4. The van der Waals surface area contributed by atoms with Gasteiger partial charge in [-0.2, -0.15) is 13.2 Å². The van der Waals surface area contributed by atoms with Gasteiger partial charge in [-0.1, -0.05) is 41.0 Å². The van der Waals surface area contributed by atoms with Crippen molar-refractivity contribution < 1.29 is 37.4 Å². The third-order valence-corrected chi connectivity index (χ3v) is 15.1. The highest BCUT2D eigenvalue weighted by molar-refractivity contribution is 5.82. The molecule has 9 atom stereocenters. The average molecular weight is 640 g/mol. The van der Waals surface area contributed by atoms with E-state index in [9.17, 15) is 32.7 Å². The van der Waals surface area contributed by atoms with Gasteiger partial charge in [0, 0.05) is 12.0 Å². The van der Waals surface area contributed by atoms with E-state index in [1.807, 2.05) is 0 Å². The van der Waals surface area contributed by atoms with E-state index in [4.69, 9.17) is 4.74 Å². The van der Waals surface area contributed by atoms with Gasteiger partial charge in [-0.15, -0.1) is 0 Å². The number of fused-ring (bicyclic) bond motifs is 7. The Morgan fingerprint density at radius 3 is 2.16 bits per heavy atom. The second-order valence-electron chi connectivity index (χ2n) is 17.7. The number of carbonyl (C=O) groups excluding carboxylic acids is 2. The van der Waals surface area contributed by atoms with Crippen molar-refractivity contribution in [2.75, 3.05) is 6.54 Å². The molecule has 256 valence electrons. The molecular formula is C36H56F3NO5. The highest BCUT2D eigenvalue weighted by Gasteiger charge is 2.70. The first-order valence-electron chi connectivity index (χ1n) is 17.4. The minimum absolute atomic E-state index is 0.0203. The van der Waals surface area contributed by atoms with Gasteiger partial charge >= 0.3 is 24.0 Å². The highest BCUT2D eigenvalue weighted by atomic mass is 19.4. The first-order chi connectivity index (χ1) is 20.6. The van der Waals surface area contributed by atoms with Crippen molar-refractivity contribution >= 4 is 17.8 Å². The third-order valence-electron chi connectivity index (χ3n) is 15.1. The van der Waals surface area contributed by atoms with Crippen molar-refractivity contribution in [1.29, 1.82) is 0 Å². The highest BCUT2D eigenvalue weighted by Crippen LogP contribution is 2.77. The van der Waals surface area contributed by atoms with Crippen molar-refractivity contribution in [3.63, 3.8) is 0 Å². The van der Waals surface area contributed by atoms with Crippen LogP contribution in [-0.4, -0.2) is 41.8 Å². The van der Waals surface area contributed by atoms with E-state index in [0.29, 0.717) is 30.1 Å². The second kappa shape index (κ2) is 11.1. The van der Waals surface area contributed by atoms with Gasteiger partial charge in [0.05, 0.1) is 11.8 Å². The van der Waals surface area contributed by atoms with E-state index in [0.717, 1.165) is 70.6 Å². The van der Waals surface area contributed by atoms with Crippen LogP contribution in [0.15, 0.2) is 0 Å². The number of halogens is 3. The predicted molar refractivity (Wildman–Crippen MR) is 165 cm³/mol. The molecule has 2 N–H and O–H groups in total. The number of aliphatic carboxylic acids is 1. The fourth-order valence-electron chi connectivity index (χ4n) is 12.5. The molecule has 6 nitrogen and oxygen atoms in total. The Balaban J connectivity index is 1.32. The first kappa shape index (κ1) is 34.5. The fraction of sp³-hybridized carbons (Fsp3) is 0.917. The Hall–Kier alpha value is -1.80. The van der Waals surface area contributed by atoms with Gasteiger partial charge in [0.1, 0.15) is 6.10 Å². The van der Waals surface area contributed by atoms with Crippen LogP contribution >= 0.6 is 0 Å². The summed E-state index contributed by atoms with van der Waals surface area (Å²) >= 11 is 0. The van der Waals surface area contributed by atoms with Crippen molar-refractivity contribution in [3.8, 4) is 0 Å². The molecule has 9 heteroatoms. The van der Waals surface area contributed by atoms with E-state index in [-0.39, 0.29) is 46.1 Å². The topological polar surface area (TPSA) is 92.7 Å². The van der Waals surface area contributed by atoms with Crippen molar-refractivity contribution in [2.24, 2.45) is 56.2 Å². The van der Waals surface area contributed by atoms with Crippen LogP contribution < -0.4 is 5.32 Å². The van der Waals surface area contributed by atoms with Crippen LogP contribution in [0.25, 0.3) is 0 Å². The monoisotopic (exact) mass is 639 g/mol.